The van der Waals surface area contributed by atoms with E-state index < -0.39 is 17.5 Å². The quantitative estimate of drug-likeness (QED) is 0.451. The molecule has 4 rings (SSSR count). The van der Waals surface area contributed by atoms with Crippen molar-refractivity contribution in [1.29, 1.82) is 5.41 Å². The van der Waals surface area contributed by atoms with Gasteiger partial charge in [-0.05, 0) is 29.3 Å². The highest BCUT2D eigenvalue weighted by atomic mass is 19.4. The van der Waals surface area contributed by atoms with Crippen molar-refractivity contribution < 1.29 is 13.2 Å². The molecule has 5 nitrogen and oxygen atoms in total. The summed E-state index contributed by atoms with van der Waals surface area (Å²) in [6.45, 7) is 0. The lowest BCUT2D eigenvalue weighted by Crippen LogP contribution is -2.24. The van der Waals surface area contributed by atoms with Crippen molar-refractivity contribution in [3.63, 3.8) is 0 Å². The predicted molar refractivity (Wildman–Crippen MR) is 103 cm³/mol. The van der Waals surface area contributed by atoms with E-state index in [0.29, 0.717) is 11.1 Å². The van der Waals surface area contributed by atoms with Crippen molar-refractivity contribution in [3.05, 3.63) is 66.6 Å². The van der Waals surface area contributed by atoms with Crippen LogP contribution in [0.4, 0.5) is 13.2 Å². The van der Waals surface area contributed by atoms with E-state index in [4.69, 9.17) is 11.1 Å². The van der Waals surface area contributed by atoms with Gasteiger partial charge < -0.3 is 5.73 Å². The van der Waals surface area contributed by atoms with Gasteiger partial charge in [0, 0.05) is 22.5 Å². The van der Waals surface area contributed by atoms with Gasteiger partial charge in [-0.15, -0.1) is 0 Å². The van der Waals surface area contributed by atoms with E-state index in [-0.39, 0.29) is 5.69 Å². The minimum absolute atomic E-state index is 0.0148. The van der Waals surface area contributed by atoms with Crippen LogP contribution in [0.3, 0.4) is 0 Å². The lowest BCUT2D eigenvalue weighted by Gasteiger charge is -2.15. The molecule has 0 spiro atoms. The zero-order valence-electron chi connectivity index (χ0n) is 14.4. The Morgan fingerprint density at radius 3 is 2.54 bits per heavy atom. The molecule has 4 aromatic rings. The SMILES string of the molecule is N=C(/C(=C\N)c1cc(-c2ccccc2)c2c(ccc3[nH]ncc32)n1)C(F)(F)F. The molecule has 2 heterocycles. The summed E-state index contributed by atoms with van der Waals surface area (Å²) in [6, 6.07) is 14.3. The van der Waals surface area contributed by atoms with Gasteiger partial charge in [-0.1, -0.05) is 30.3 Å². The molecule has 0 unspecified atom stereocenters. The third-order valence-corrected chi connectivity index (χ3v) is 4.47. The first-order valence-corrected chi connectivity index (χ1v) is 8.31. The highest BCUT2D eigenvalue weighted by Crippen LogP contribution is 2.36. The number of aromatic nitrogens is 3. The van der Waals surface area contributed by atoms with Crippen LogP contribution in [0.2, 0.25) is 0 Å². The van der Waals surface area contributed by atoms with Crippen LogP contribution in [-0.2, 0) is 0 Å². The van der Waals surface area contributed by atoms with E-state index in [1.54, 1.807) is 18.3 Å². The topological polar surface area (TPSA) is 91.4 Å². The summed E-state index contributed by atoms with van der Waals surface area (Å²) in [6.07, 6.45) is -2.40. The Kier molecular flexibility index (Phi) is 4.11. The second kappa shape index (κ2) is 6.49. The average molecular weight is 381 g/mol. The number of alkyl halides is 3. The van der Waals surface area contributed by atoms with E-state index in [9.17, 15) is 13.2 Å². The van der Waals surface area contributed by atoms with Gasteiger partial charge in [0.05, 0.1) is 22.9 Å². The van der Waals surface area contributed by atoms with Gasteiger partial charge in [-0.3, -0.25) is 10.5 Å². The number of H-pyrrole nitrogens is 1. The van der Waals surface area contributed by atoms with Crippen LogP contribution in [0.5, 0.6) is 0 Å². The van der Waals surface area contributed by atoms with Crippen LogP contribution in [0.25, 0.3) is 38.5 Å². The summed E-state index contributed by atoms with van der Waals surface area (Å²) in [5.74, 6) is 0. The third-order valence-electron chi connectivity index (χ3n) is 4.47. The number of nitrogens with zero attached hydrogens (tertiary/aromatic N) is 2. The smallest absolute Gasteiger partial charge is 0.404 e. The van der Waals surface area contributed by atoms with E-state index in [1.807, 2.05) is 30.3 Å². The number of pyridine rings is 1. The van der Waals surface area contributed by atoms with Gasteiger partial charge in [-0.25, -0.2) is 4.98 Å². The third kappa shape index (κ3) is 2.88. The summed E-state index contributed by atoms with van der Waals surface area (Å²) in [5, 5.41) is 16.0. The van der Waals surface area contributed by atoms with E-state index in [1.165, 1.54) is 6.07 Å². The van der Waals surface area contributed by atoms with Gasteiger partial charge in [-0.2, -0.15) is 18.3 Å². The van der Waals surface area contributed by atoms with Gasteiger partial charge in [0.2, 0.25) is 0 Å². The number of nitrogens with two attached hydrogens (primary N) is 1. The molecule has 0 amide bonds. The molecule has 0 bridgehead atoms. The maximum Gasteiger partial charge on any atom is 0.433 e. The highest BCUT2D eigenvalue weighted by Gasteiger charge is 2.37. The summed E-state index contributed by atoms with van der Waals surface area (Å²) in [5.41, 5.74) is 6.19. The molecule has 0 saturated heterocycles. The Bertz CT molecular complexity index is 1220. The van der Waals surface area contributed by atoms with Crippen LogP contribution in [0, 0.1) is 5.41 Å². The van der Waals surface area contributed by atoms with Gasteiger partial charge in [0.1, 0.15) is 5.71 Å². The number of halogens is 3. The molecule has 0 aliphatic carbocycles. The van der Waals surface area contributed by atoms with Crippen LogP contribution in [0.15, 0.2) is 60.9 Å². The fourth-order valence-electron chi connectivity index (χ4n) is 3.19. The lowest BCUT2D eigenvalue weighted by atomic mass is 9.95. The van der Waals surface area contributed by atoms with Crippen LogP contribution >= 0.6 is 0 Å². The van der Waals surface area contributed by atoms with Crippen molar-refractivity contribution >= 4 is 33.1 Å². The number of rotatable bonds is 3. The number of allylic oxidation sites excluding steroid dienone is 1. The molecule has 28 heavy (non-hydrogen) atoms. The fraction of sp³-hybridized carbons (Fsp3) is 0.0500. The first-order valence-electron chi connectivity index (χ1n) is 8.31. The maximum absolute atomic E-state index is 13.1. The number of aromatic amines is 1. The number of benzene rings is 2. The Labute approximate surface area is 157 Å². The minimum Gasteiger partial charge on any atom is -0.404 e. The molecule has 8 heteroatoms. The largest absolute Gasteiger partial charge is 0.433 e. The molecule has 0 aliphatic rings. The highest BCUT2D eigenvalue weighted by molar-refractivity contribution is 6.25. The second-order valence-corrected chi connectivity index (χ2v) is 6.17. The van der Waals surface area contributed by atoms with Crippen molar-refractivity contribution in [3.8, 4) is 11.1 Å². The molecule has 0 aliphatic heterocycles. The number of hydrogen-bond acceptors (Lipinski definition) is 4. The minimum atomic E-state index is -4.83. The zero-order chi connectivity index (χ0) is 19.9. The van der Waals surface area contributed by atoms with Crippen LogP contribution < -0.4 is 5.73 Å². The van der Waals surface area contributed by atoms with E-state index in [0.717, 1.165) is 28.1 Å². The van der Waals surface area contributed by atoms with Gasteiger partial charge >= 0.3 is 6.18 Å². The normalized spacial score (nSPS) is 12.6. The summed E-state index contributed by atoms with van der Waals surface area (Å²) in [7, 11) is 0. The molecular formula is C20H14F3N5. The predicted octanol–water partition coefficient (Wildman–Crippen LogP) is 4.66. The average Bonchev–Trinajstić information content (AvgIpc) is 3.16. The molecule has 0 radical (unpaired) electrons. The van der Waals surface area contributed by atoms with Crippen molar-refractivity contribution in [2.75, 3.05) is 0 Å². The van der Waals surface area contributed by atoms with Crippen LogP contribution in [-0.4, -0.2) is 27.1 Å². The molecule has 4 N–H and O–H groups in total. The number of nitrogens with one attached hydrogen (secondary N) is 2. The Balaban J connectivity index is 2.06. The summed E-state index contributed by atoms with van der Waals surface area (Å²) < 4.78 is 39.3. The maximum atomic E-state index is 13.1. The van der Waals surface area contributed by atoms with Crippen molar-refractivity contribution in [2.24, 2.45) is 5.73 Å². The molecule has 2 aromatic carbocycles. The Hall–Kier alpha value is -3.68. The zero-order valence-corrected chi connectivity index (χ0v) is 14.4. The molecule has 0 fully saturated rings. The fourth-order valence-corrected chi connectivity index (χ4v) is 3.19. The first-order chi connectivity index (χ1) is 13.4. The number of hydrogen-bond donors (Lipinski definition) is 3. The molecular weight excluding hydrogens is 367 g/mol. The first kappa shape index (κ1) is 17.7. The molecule has 0 saturated carbocycles. The van der Waals surface area contributed by atoms with Gasteiger partial charge in [0.25, 0.3) is 0 Å². The number of fused-ring (bicyclic) bond motifs is 3. The van der Waals surface area contributed by atoms with E-state index in [2.05, 4.69) is 15.2 Å². The monoisotopic (exact) mass is 381 g/mol. The molecule has 2 aromatic heterocycles. The van der Waals surface area contributed by atoms with Crippen LogP contribution in [0.1, 0.15) is 5.69 Å². The lowest BCUT2D eigenvalue weighted by molar-refractivity contribution is -0.0578. The summed E-state index contributed by atoms with van der Waals surface area (Å²) in [4.78, 5) is 4.37. The second-order valence-electron chi connectivity index (χ2n) is 6.17. The Morgan fingerprint density at radius 1 is 1.11 bits per heavy atom. The molecule has 0 atom stereocenters. The standard InChI is InChI=1S/C20H14F3N5/c21-20(22,23)19(25)13(9-24)17-8-12(11-4-2-1-3-5-11)18-14-10-26-28-15(14)6-7-16(18)27-17/h1-10,25H,24H2,(H,26,28)/b13-9-,25-19?. The van der Waals surface area contributed by atoms with Crippen molar-refractivity contribution in [2.45, 2.75) is 6.18 Å². The molecule has 140 valence electrons. The van der Waals surface area contributed by atoms with Gasteiger partial charge in [0.15, 0.2) is 0 Å². The van der Waals surface area contributed by atoms with Crippen molar-refractivity contribution in [1.82, 2.24) is 15.2 Å². The van der Waals surface area contributed by atoms with E-state index >= 15 is 0 Å². The summed E-state index contributed by atoms with van der Waals surface area (Å²) >= 11 is 0. The Morgan fingerprint density at radius 2 is 1.86 bits per heavy atom.